The van der Waals surface area contributed by atoms with Gasteiger partial charge in [0.05, 0.1) is 24.3 Å². The van der Waals surface area contributed by atoms with Crippen molar-refractivity contribution < 1.29 is 14.3 Å². The number of methoxy groups -OCH3 is 2. The van der Waals surface area contributed by atoms with Crippen LogP contribution < -0.4 is 15.2 Å². The predicted octanol–water partition coefficient (Wildman–Crippen LogP) is 2.37. The summed E-state index contributed by atoms with van der Waals surface area (Å²) in [7, 11) is 3.23. The number of halogens is 1. The molecule has 3 aliphatic heterocycles. The second kappa shape index (κ2) is 6.08. The van der Waals surface area contributed by atoms with Crippen LogP contribution in [0.5, 0.6) is 11.5 Å². The summed E-state index contributed by atoms with van der Waals surface area (Å²) in [5, 5.41) is 0. The number of rotatable bonds is 4. The van der Waals surface area contributed by atoms with Crippen molar-refractivity contribution in [3.63, 3.8) is 0 Å². The molecule has 1 aromatic carbocycles. The van der Waals surface area contributed by atoms with Gasteiger partial charge in [-0.2, -0.15) is 0 Å². The molecule has 1 atom stereocenters. The molecule has 0 aliphatic carbocycles. The Morgan fingerprint density at radius 2 is 1.91 bits per heavy atom. The Morgan fingerprint density at radius 1 is 1.27 bits per heavy atom. The summed E-state index contributed by atoms with van der Waals surface area (Å²) < 4.78 is 11.9. The minimum absolute atomic E-state index is 0.308. The van der Waals surface area contributed by atoms with Crippen molar-refractivity contribution >= 4 is 21.8 Å². The van der Waals surface area contributed by atoms with Crippen molar-refractivity contribution in [3.8, 4) is 11.5 Å². The zero-order valence-electron chi connectivity index (χ0n) is 12.9. The number of nitrogens with two attached hydrogens (primary N) is 1. The number of hydrogen-bond acceptors (Lipinski definition) is 4. The van der Waals surface area contributed by atoms with E-state index in [-0.39, 0.29) is 0 Å². The first-order valence-corrected chi connectivity index (χ1v) is 8.32. The Labute approximate surface area is 138 Å². The number of primary amides is 1. The number of amides is 1. The van der Waals surface area contributed by atoms with Crippen molar-refractivity contribution in [2.24, 2.45) is 11.7 Å². The largest absolute Gasteiger partial charge is 0.495 e. The number of fused-ring (bicyclic) bond motifs is 3. The smallest absolute Gasteiger partial charge is 0.252 e. The maximum Gasteiger partial charge on any atom is 0.252 e. The highest BCUT2D eigenvalue weighted by Crippen LogP contribution is 2.49. The van der Waals surface area contributed by atoms with Crippen molar-refractivity contribution in [2.45, 2.75) is 18.8 Å². The van der Waals surface area contributed by atoms with Gasteiger partial charge in [0.25, 0.3) is 5.91 Å². The average Bonchev–Trinajstić information content (AvgIpc) is 2.54. The van der Waals surface area contributed by atoms with Gasteiger partial charge in [0, 0.05) is 18.0 Å². The average molecular weight is 369 g/mol. The molecule has 22 heavy (non-hydrogen) atoms. The Hall–Kier alpha value is -1.27. The second-order valence-corrected chi connectivity index (χ2v) is 6.85. The van der Waals surface area contributed by atoms with Crippen LogP contribution >= 0.6 is 15.9 Å². The van der Waals surface area contributed by atoms with Gasteiger partial charge in [-0.15, -0.1) is 0 Å². The minimum Gasteiger partial charge on any atom is -0.495 e. The minimum atomic E-state index is -0.484. The van der Waals surface area contributed by atoms with E-state index in [0.717, 1.165) is 35.4 Å². The molecular weight excluding hydrogens is 348 g/mol. The molecule has 5 nitrogen and oxygen atoms in total. The van der Waals surface area contributed by atoms with Crippen molar-refractivity contribution in [1.29, 1.82) is 0 Å². The van der Waals surface area contributed by atoms with E-state index in [4.69, 9.17) is 15.2 Å². The highest BCUT2D eigenvalue weighted by Gasteiger charge is 2.39. The molecule has 1 amide bonds. The standard InChI is InChI=1S/C16H21BrN2O3/c1-21-14-10(16(18)20)7-12(17)15(22-2)13(14)11-8-19-5-3-9(11)4-6-19/h7,9,11H,3-6,8H2,1-2H3,(H2,18,20). The first-order chi connectivity index (χ1) is 10.6. The summed E-state index contributed by atoms with van der Waals surface area (Å²) in [5.41, 5.74) is 6.91. The van der Waals surface area contributed by atoms with Crippen LogP contribution in [0.2, 0.25) is 0 Å². The predicted molar refractivity (Wildman–Crippen MR) is 87.7 cm³/mol. The highest BCUT2D eigenvalue weighted by molar-refractivity contribution is 9.10. The van der Waals surface area contributed by atoms with Crippen molar-refractivity contribution in [1.82, 2.24) is 4.90 Å². The van der Waals surface area contributed by atoms with Crippen molar-refractivity contribution in [3.05, 3.63) is 21.7 Å². The van der Waals surface area contributed by atoms with E-state index in [1.165, 1.54) is 12.8 Å². The van der Waals surface area contributed by atoms with Crippen molar-refractivity contribution in [2.75, 3.05) is 33.9 Å². The van der Waals surface area contributed by atoms with Gasteiger partial charge in [0.1, 0.15) is 11.5 Å². The van der Waals surface area contributed by atoms with E-state index < -0.39 is 5.91 Å². The molecule has 6 heteroatoms. The molecule has 1 aromatic rings. The summed E-state index contributed by atoms with van der Waals surface area (Å²) in [6.45, 7) is 3.29. The van der Waals surface area contributed by atoms with Crippen LogP contribution in [0.25, 0.3) is 0 Å². The molecule has 2 N–H and O–H groups in total. The molecule has 0 radical (unpaired) electrons. The topological polar surface area (TPSA) is 64.8 Å². The summed E-state index contributed by atoms with van der Waals surface area (Å²) in [6, 6.07) is 1.69. The molecule has 2 bridgehead atoms. The summed E-state index contributed by atoms with van der Waals surface area (Å²) >= 11 is 3.51. The lowest BCUT2D eigenvalue weighted by Crippen LogP contribution is -2.46. The number of piperidine rings is 3. The third kappa shape index (κ3) is 2.48. The first-order valence-electron chi connectivity index (χ1n) is 7.53. The van der Waals surface area contributed by atoms with E-state index in [1.54, 1.807) is 20.3 Å². The molecule has 3 heterocycles. The number of benzene rings is 1. The van der Waals surface area contributed by atoms with Gasteiger partial charge in [0.2, 0.25) is 0 Å². The molecule has 1 unspecified atom stereocenters. The van der Waals surface area contributed by atoms with Gasteiger partial charge in [-0.25, -0.2) is 0 Å². The number of carbonyl (C=O) groups is 1. The third-order valence-electron chi connectivity index (χ3n) is 4.92. The van der Waals surface area contributed by atoms with Gasteiger partial charge in [-0.1, -0.05) is 0 Å². The van der Waals surface area contributed by atoms with Gasteiger partial charge in [-0.3, -0.25) is 4.79 Å². The Bertz CT molecular complexity index is 598. The van der Waals surface area contributed by atoms with E-state index in [2.05, 4.69) is 20.8 Å². The first kappa shape index (κ1) is 15.6. The maximum absolute atomic E-state index is 11.8. The van der Waals surface area contributed by atoms with Crippen LogP contribution in [0.1, 0.15) is 34.7 Å². The molecule has 0 spiro atoms. The van der Waals surface area contributed by atoms with Crippen LogP contribution in [0, 0.1) is 5.92 Å². The van der Waals surface area contributed by atoms with Gasteiger partial charge in [-0.05, 0) is 53.8 Å². The normalized spacial score (nSPS) is 26.8. The van der Waals surface area contributed by atoms with E-state index in [1.807, 2.05) is 0 Å². The highest BCUT2D eigenvalue weighted by atomic mass is 79.9. The quantitative estimate of drug-likeness (QED) is 0.885. The van der Waals surface area contributed by atoms with Crippen LogP contribution in [0.3, 0.4) is 0 Å². The zero-order valence-corrected chi connectivity index (χ0v) is 14.5. The number of hydrogen-bond donors (Lipinski definition) is 1. The van der Waals surface area contributed by atoms with Gasteiger partial charge in [0.15, 0.2) is 0 Å². The van der Waals surface area contributed by atoms with Crippen LogP contribution in [-0.2, 0) is 0 Å². The second-order valence-electron chi connectivity index (χ2n) is 5.99. The Balaban J connectivity index is 2.17. The number of ether oxygens (including phenoxy) is 2. The summed E-state index contributed by atoms with van der Waals surface area (Å²) in [6.07, 6.45) is 2.35. The van der Waals surface area contributed by atoms with E-state index >= 15 is 0 Å². The Kier molecular flexibility index (Phi) is 4.32. The van der Waals surface area contributed by atoms with Gasteiger partial charge >= 0.3 is 0 Å². The lowest BCUT2D eigenvalue weighted by Gasteiger charge is -2.45. The van der Waals surface area contributed by atoms with E-state index in [9.17, 15) is 4.79 Å². The SMILES string of the molecule is COc1c(Br)cc(C(N)=O)c(OC)c1C1CN2CCC1CC2. The monoisotopic (exact) mass is 368 g/mol. The molecule has 0 aromatic heterocycles. The van der Waals surface area contributed by atoms with Crippen LogP contribution in [0.4, 0.5) is 0 Å². The van der Waals surface area contributed by atoms with E-state index in [0.29, 0.717) is 23.1 Å². The van der Waals surface area contributed by atoms with Crippen LogP contribution in [-0.4, -0.2) is 44.7 Å². The molecule has 4 rings (SSSR count). The van der Waals surface area contributed by atoms with Crippen LogP contribution in [0.15, 0.2) is 10.5 Å². The molecule has 0 saturated carbocycles. The lowest BCUT2D eigenvalue weighted by molar-refractivity contribution is 0.0845. The summed E-state index contributed by atoms with van der Waals surface area (Å²) in [4.78, 5) is 14.3. The fourth-order valence-electron chi connectivity index (χ4n) is 3.87. The fourth-order valence-corrected chi connectivity index (χ4v) is 4.48. The fraction of sp³-hybridized carbons (Fsp3) is 0.562. The third-order valence-corrected chi connectivity index (χ3v) is 5.51. The summed E-state index contributed by atoms with van der Waals surface area (Å²) in [5.74, 6) is 1.74. The van der Waals surface area contributed by atoms with Gasteiger partial charge < -0.3 is 20.1 Å². The maximum atomic E-state index is 11.8. The molecular formula is C16H21BrN2O3. The number of carbonyl (C=O) groups excluding carboxylic acids is 1. The molecule has 3 fully saturated rings. The lowest BCUT2D eigenvalue weighted by atomic mass is 9.74. The number of nitrogens with zero attached hydrogens (tertiary/aromatic N) is 1. The zero-order chi connectivity index (χ0) is 15.9. The Morgan fingerprint density at radius 3 is 2.36 bits per heavy atom. The molecule has 120 valence electrons. The molecule has 3 aliphatic rings. The molecule has 3 saturated heterocycles.